The third-order valence-electron chi connectivity index (χ3n) is 10.9. The van der Waals surface area contributed by atoms with Crippen molar-refractivity contribution in [2.45, 2.75) is 109 Å². The number of likely N-dealkylation sites (tertiary alicyclic amines) is 1. The van der Waals surface area contributed by atoms with E-state index in [9.17, 15) is 24.0 Å². The van der Waals surface area contributed by atoms with Gasteiger partial charge in [0.1, 0.15) is 12.1 Å². The fourth-order valence-electron chi connectivity index (χ4n) is 8.21. The van der Waals surface area contributed by atoms with Crippen LogP contribution in [0.5, 0.6) is 0 Å². The number of nitrogens with two attached hydrogens (primary N) is 1. The molecular formula is C35H46ClN5O6. The fourth-order valence-corrected chi connectivity index (χ4v) is 8.40. The average Bonchev–Trinajstić information content (AvgIpc) is 3.34. The summed E-state index contributed by atoms with van der Waals surface area (Å²) in [6.07, 6.45) is 7.57. The highest BCUT2D eigenvalue weighted by atomic mass is 35.5. The number of carbonyl (C=O) groups is 5. The molecule has 5 aliphatic rings. The first-order chi connectivity index (χ1) is 22.2. The number of rotatable bonds is 11. The van der Waals surface area contributed by atoms with E-state index in [2.05, 4.69) is 15.8 Å². The lowest BCUT2D eigenvalue weighted by atomic mass is 9.84. The van der Waals surface area contributed by atoms with E-state index in [1.54, 1.807) is 12.1 Å². The van der Waals surface area contributed by atoms with Gasteiger partial charge in [0.25, 0.3) is 5.91 Å². The molecule has 2 bridgehead atoms. The summed E-state index contributed by atoms with van der Waals surface area (Å²) in [6.45, 7) is 5.71. The highest BCUT2D eigenvalue weighted by Crippen LogP contribution is 2.49. The number of benzene rings is 1. The van der Waals surface area contributed by atoms with E-state index in [1.807, 2.05) is 32.9 Å². The molecule has 4 fully saturated rings. The Morgan fingerprint density at radius 1 is 1.11 bits per heavy atom. The number of carbonyl (C=O) groups excluding carboxylic acids is 5. The number of fused-ring (bicyclic) bond motifs is 2. The van der Waals surface area contributed by atoms with Crippen molar-refractivity contribution in [3.8, 4) is 0 Å². The number of ketones is 1. The van der Waals surface area contributed by atoms with Crippen molar-refractivity contribution in [1.82, 2.24) is 15.5 Å². The van der Waals surface area contributed by atoms with Gasteiger partial charge in [0.2, 0.25) is 23.5 Å². The van der Waals surface area contributed by atoms with Crippen molar-refractivity contribution in [1.29, 1.82) is 0 Å². The first-order valence-corrected chi connectivity index (χ1v) is 17.3. The van der Waals surface area contributed by atoms with Gasteiger partial charge in [-0.3, -0.25) is 24.0 Å². The fraction of sp³-hybridized carbons (Fsp3) is 0.657. The lowest BCUT2D eigenvalue weighted by Crippen LogP contribution is -2.59. The molecule has 1 saturated heterocycles. The van der Waals surface area contributed by atoms with Crippen LogP contribution < -0.4 is 16.4 Å². The van der Waals surface area contributed by atoms with Crippen LogP contribution >= 0.6 is 11.6 Å². The molecule has 7 atom stereocenters. The van der Waals surface area contributed by atoms with Gasteiger partial charge in [0, 0.05) is 29.8 Å². The highest BCUT2D eigenvalue weighted by Gasteiger charge is 2.56. The lowest BCUT2D eigenvalue weighted by molar-refractivity contribution is -0.145. The smallest absolute Gasteiger partial charge is 0.287 e. The summed E-state index contributed by atoms with van der Waals surface area (Å²) in [5.74, 6) is -1.29. The van der Waals surface area contributed by atoms with Crippen LogP contribution in [0.15, 0.2) is 29.4 Å². The van der Waals surface area contributed by atoms with E-state index < -0.39 is 52.6 Å². The van der Waals surface area contributed by atoms with Gasteiger partial charge in [-0.25, -0.2) is 0 Å². The predicted molar refractivity (Wildman–Crippen MR) is 175 cm³/mol. The summed E-state index contributed by atoms with van der Waals surface area (Å²) in [6, 6.07) is 4.20. The molecule has 2 heterocycles. The highest BCUT2D eigenvalue weighted by molar-refractivity contribution is 6.37. The second kappa shape index (κ2) is 12.9. The van der Waals surface area contributed by atoms with Gasteiger partial charge in [-0.05, 0) is 66.9 Å². The van der Waals surface area contributed by atoms with Crippen LogP contribution in [0.2, 0.25) is 5.02 Å². The number of nitrogens with zero attached hydrogens (tertiary/aromatic N) is 2. The zero-order chi connectivity index (χ0) is 33.7. The second-order valence-electron chi connectivity index (χ2n) is 15.7. The molecule has 4 N–H and O–H groups in total. The van der Waals surface area contributed by atoms with Crippen LogP contribution in [-0.2, 0) is 28.8 Å². The SMILES string of the molecule is CC(C)(C)[C@H](NC(=O)CC1CC2CCC1C2)C(=O)N1CC2(CC(c3cccc(Cl)c3)=NO2)C[C@H]1C(=O)N[C@@H](CC1CC1)C(=O)C(N)=O. The Hall–Kier alpha value is -3.47. The van der Waals surface area contributed by atoms with E-state index in [4.69, 9.17) is 22.2 Å². The Kier molecular flexibility index (Phi) is 9.15. The number of Topliss-reactive ketones (excluding diaryl/α,β-unsaturated/α-hetero) is 1. The summed E-state index contributed by atoms with van der Waals surface area (Å²) in [7, 11) is 0. The Morgan fingerprint density at radius 2 is 1.87 bits per heavy atom. The first kappa shape index (κ1) is 33.4. The molecule has 0 aromatic heterocycles. The Bertz CT molecular complexity index is 1490. The molecule has 2 aliphatic heterocycles. The van der Waals surface area contributed by atoms with Crippen LogP contribution in [-0.4, -0.2) is 70.3 Å². The van der Waals surface area contributed by atoms with Gasteiger partial charge < -0.3 is 26.1 Å². The zero-order valence-corrected chi connectivity index (χ0v) is 28.2. The normalized spacial score (nSPS) is 29.3. The average molecular weight is 668 g/mol. The molecule has 12 heteroatoms. The zero-order valence-electron chi connectivity index (χ0n) is 27.4. The minimum Gasteiger partial charge on any atom is -0.387 e. The lowest BCUT2D eigenvalue weighted by Gasteiger charge is -2.36. The van der Waals surface area contributed by atoms with Crippen molar-refractivity contribution in [2.75, 3.05) is 6.54 Å². The van der Waals surface area contributed by atoms with E-state index in [0.29, 0.717) is 47.8 Å². The molecule has 3 saturated carbocycles. The minimum absolute atomic E-state index is 0.0450. The summed E-state index contributed by atoms with van der Waals surface area (Å²) in [5.41, 5.74) is 5.07. The molecule has 11 nitrogen and oxygen atoms in total. The van der Waals surface area contributed by atoms with E-state index in [1.165, 1.54) is 17.7 Å². The predicted octanol–water partition coefficient (Wildman–Crippen LogP) is 3.50. The Labute approximate surface area is 280 Å². The number of halogens is 1. The molecule has 254 valence electrons. The third-order valence-corrected chi connectivity index (χ3v) is 11.1. The maximum atomic E-state index is 14.5. The van der Waals surface area contributed by atoms with Crippen LogP contribution in [0.25, 0.3) is 0 Å². The van der Waals surface area contributed by atoms with Crippen molar-refractivity contribution >= 4 is 46.7 Å². The van der Waals surface area contributed by atoms with Gasteiger partial charge >= 0.3 is 0 Å². The largest absolute Gasteiger partial charge is 0.387 e. The maximum absolute atomic E-state index is 14.5. The Balaban J connectivity index is 1.24. The quantitative estimate of drug-likeness (QED) is 0.306. The Morgan fingerprint density at radius 3 is 2.49 bits per heavy atom. The van der Waals surface area contributed by atoms with Crippen molar-refractivity contribution in [3.05, 3.63) is 34.9 Å². The number of amides is 4. The van der Waals surface area contributed by atoms with E-state index in [0.717, 1.165) is 31.2 Å². The molecular weight excluding hydrogens is 622 g/mol. The first-order valence-electron chi connectivity index (χ1n) is 17.0. The molecule has 6 rings (SSSR count). The van der Waals surface area contributed by atoms with Gasteiger partial charge in [-0.1, -0.05) is 68.9 Å². The maximum Gasteiger partial charge on any atom is 0.287 e. The van der Waals surface area contributed by atoms with Gasteiger partial charge in [0.05, 0.1) is 18.3 Å². The molecule has 4 amide bonds. The molecule has 3 aliphatic carbocycles. The van der Waals surface area contributed by atoms with Crippen molar-refractivity contribution in [3.63, 3.8) is 0 Å². The van der Waals surface area contributed by atoms with Crippen LogP contribution in [0.3, 0.4) is 0 Å². The van der Waals surface area contributed by atoms with Crippen molar-refractivity contribution in [2.24, 2.45) is 40.0 Å². The topological polar surface area (TPSA) is 160 Å². The molecule has 1 spiro atoms. The van der Waals surface area contributed by atoms with Gasteiger partial charge in [-0.15, -0.1) is 0 Å². The number of hydrogen-bond donors (Lipinski definition) is 3. The third kappa shape index (κ3) is 7.34. The second-order valence-corrected chi connectivity index (χ2v) is 16.1. The van der Waals surface area contributed by atoms with Crippen LogP contribution in [0, 0.1) is 29.1 Å². The summed E-state index contributed by atoms with van der Waals surface area (Å²) >= 11 is 6.23. The molecule has 1 aromatic carbocycles. The minimum atomic E-state index is -1.11. The number of hydrogen-bond acceptors (Lipinski definition) is 7. The molecule has 0 radical (unpaired) electrons. The molecule has 1 aromatic rings. The molecule has 4 unspecified atom stereocenters. The summed E-state index contributed by atoms with van der Waals surface area (Å²) in [5, 5.41) is 10.7. The van der Waals surface area contributed by atoms with Crippen LogP contribution in [0.4, 0.5) is 0 Å². The van der Waals surface area contributed by atoms with Gasteiger partial charge in [-0.2, -0.15) is 0 Å². The standard InChI is InChI=1S/C35H46ClN5O6/c1-34(2,3)30(39-28(42)15-23-12-20-9-10-21(23)11-20)33(46)41-18-35(16-26(40-47-35)22-5-4-6-24(36)14-22)17-27(41)32(45)38-25(13-19-7-8-19)29(43)31(37)44/h4-6,14,19-21,23,25,27,30H,7-13,15-18H2,1-3H3,(H2,37,44)(H,38,45)(H,39,42)/t20?,21?,23?,25-,27-,30+,35?/m0/s1. The molecule has 47 heavy (non-hydrogen) atoms. The monoisotopic (exact) mass is 667 g/mol. The van der Waals surface area contributed by atoms with E-state index in [-0.39, 0.29) is 24.8 Å². The summed E-state index contributed by atoms with van der Waals surface area (Å²) < 4.78 is 0. The van der Waals surface area contributed by atoms with Crippen molar-refractivity contribution < 1.29 is 28.8 Å². The number of primary amides is 1. The number of oxime groups is 1. The van der Waals surface area contributed by atoms with E-state index >= 15 is 0 Å². The van der Waals surface area contributed by atoms with Crippen LogP contribution in [0.1, 0.15) is 90.5 Å². The summed E-state index contributed by atoms with van der Waals surface area (Å²) in [4.78, 5) is 74.1. The van der Waals surface area contributed by atoms with Gasteiger partial charge in [0.15, 0.2) is 5.60 Å². The number of nitrogens with one attached hydrogen (secondary N) is 2.